The third-order valence-electron chi connectivity index (χ3n) is 3.45. The molecule has 1 aromatic rings. The lowest BCUT2D eigenvalue weighted by Gasteiger charge is -2.27. The molecular weight excluding hydrogens is 266 g/mol. The van der Waals surface area contributed by atoms with Crippen molar-refractivity contribution in [1.29, 1.82) is 0 Å². The molecule has 0 bridgehead atoms. The van der Waals surface area contributed by atoms with Gasteiger partial charge in [-0.1, -0.05) is 18.9 Å². The lowest BCUT2D eigenvalue weighted by atomic mass is 10.1. The van der Waals surface area contributed by atoms with Crippen molar-refractivity contribution in [3.05, 3.63) is 28.2 Å². The summed E-state index contributed by atoms with van der Waals surface area (Å²) >= 11 is 3.58. The molecule has 0 spiro atoms. The highest BCUT2D eigenvalue weighted by Crippen LogP contribution is 2.32. The molecule has 0 unspecified atom stereocenters. The Morgan fingerprint density at radius 1 is 1.38 bits per heavy atom. The first-order valence-corrected chi connectivity index (χ1v) is 6.64. The van der Waals surface area contributed by atoms with Crippen LogP contribution in [0.15, 0.2) is 22.7 Å². The highest BCUT2D eigenvalue weighted by Gasteiger charge is 2.21. The van der Waals surface area contributed by atoms with E-state index in [0.717, 1.165) is 10.0 Å². The standard InChI is InChI=1S/C13H18BrNO/c1-15(11-4-2-3-5-11)13-7-6-10(9-16)8-12(13)14/h6-8,11,16H,2-5,9H2,1H3. The zero-order chi connectivity index (χ0) is 11.5. The van der Waals surface area contributed by atoms with Gasteiger partial charge in [0, 0.05) is 17.6 Å². The molecule has 1 fully saturated rings. The smallest absolute Gasteiger partial charge is 0.0682 e. The van der Waals surface area contributed by atoms with Crippen LogP contribution in [0, 0.1) is 0 Å². The number of hydrogen-bond donors (Lipinski definition) is 1. The average Bonchev–Trinajstić information content (AvgIpc) is 2.81. The number of halogens is 1. The quantitative estimate of drug-likeness (QED) is 0.920. The van der Waals surface area contributed by atoms with Crippen LogP contribution in [0.25, 0.3) is 0 Å². The van der Waals surface area contributed by atoms with Crippen LogP contribution in [0.1, 0.15) is 31.2 Å². The third kappa shape index (κ3) is 2.41. The van der Waals surface area contributed by atoms with E-state index in [2.05, 4.69) is 33.9 Å². The summed E-state index contributed by atoms with van der Waals surface area (Å²) in [7, 11) is 2.16. The lowest BCUT2D eigenvalue weighted by molar-refractivity contribution is 0.282. The Labute approximate surface area is 105 Å². The van der Waals surface area contributed by atoms with E-state index in [4.69, 9.17) is 5.11 Å². The van der Waals surface area contributed by atoms with Crippen molar-refractivity contribution in [3.8, 4) is 0 Å². The maximum absolute atomic E-state index is 9.07. The van der Waals surface area contributed by atoms with Gasteiger partial charge in [-0.25, -0.2) is 0 Å². The molecule has 0 aliphatic heterocycles. The first-order valence-electron chi connectivity index (χ1n) is 5.84. The van der Waals surface area contributed by atoms with Gasteiger partial charge in [-0.15, -0.1) is 0 Å². The summed E-state index contributed by atoms with van der Waals surface area (Å²) in [6, 6.07) is 6.76. The largest absolute Gasteiger partial charge is 0.392 e. The number of hydrogen-bond acceptors (Lipinski definition) is 2. The molecule has 2 rings (SSSR count). The zero-order valence-corrected chi connectivity index (χ0v) is 11.2. The van der Waals surface area contributed by atoms with E-state index in [1.54, 1.807) is 0 Å². The fourth-order valence-corrected chi connectivity index (χ4v) is 3.13. The fraction of sp³-hybridized carbons (Fsp3) is 0.538. The van der Waals surface area contributed by atoms with Crippen LogP contribution in [-0.4, -0.2) is 18.2 Å². The van der Waals surface area contributed by atoms with Crippen molar-refractivity contribution in [3.63, 3.8) is 0 Å². The summed E-state index contributed by atoms with van der Waals surface area (Å²) in [6.07, 6.45) is 5.29. The molecule has 1 aliphatic rings. The van der Waals surface area contributed by atoms with Gasteiger partial charge < -0.3 is 10.0 Å². The van der Waals surface area contributed by atoms with Crippen molar-refractivity contribution in [2.75, 3.05) is 11.9 Å². The van der Waals surface area contributed by atoms with E-state index in [1.807, 2.05) is 12.1 Å². The zero-order valence-electron chi connectivity index (χ0n) is 9.62. The van der Waals surface area contributed by atoms with E-state index in [0.29, 0.717) is 6.04 Å². The van der Waals surface area contributed by atoms with Crippen LogP contribution in [0.4, 0.5) is 5.69 Å². The minimum atomic E-state index is 0.103. The Balaban J connectivity index is 2.19. The SMILES string of the molecule is CN(c1ccc(CO)cc1Br)C1CCCC1. The molecule has 0 radical (unpaired) electrons. The molecule has 0 aromatic heterocycles. The van der Waals surface area contributed by atoms with Gasteiger partial charge in [-0.3, -0.25) is 0 Å². The Kier molecular flexibility index (Phi) is 3.87. The lowest BCUT2D eigenvalue weighted by Crippen LogP contribution is -2.29. The maximum atomic E-state index is 9.07. The number of anilines is 1. The summed E-state index contributed by atoms with van der Waals surface area (Å²) in [5.74, 6) is 0. The molecule has 0 amide bonds. The number of benzene rings is 1. The molecule has 3 heteroatoms. The minimum Gasteiger partial charge on any atom is -0.392 e. The first-order chi connectivity index (χ1) is 7.72. The summed E-state index contributed by atoms with van der Waals surface area (Å²) in [5.41, 5.74) is 2.18. The van der Waals surface area contributed by atoms with Crippen LogP contribution in [0.3, 0.4) is 0 Å². The summed E-state index contributed by atoms with van der Waals surface area (Å²) < 4.78 is 1.08. The van der Waals surface area contributed by atoms with Gasteiger partial charge >= 0.3 is 0 Å². The van der Waals surface area contributed by atoms with E-state index < -0.39 is 0 Å². The van der Waals surface area contributed by atoms with Crippen molar-refractivity contribution < 1.29 is 5.11 Å². The molecule has 1 aromatic carbocycles. The predicted molar refractivity (Wildman–Crippen MR) is 70.7 cm³/mol. The van der Waals surface area contributed by atoms with Gasteiger partial charge in [-0.05, 0) is 46.5 Å². The molecule has 0 atom stereocenters. The summed E-state index contributed by atoms with van der Waals surface area (Å²) in [6.45, 7) is 0.103. The van der Waals surface area contributed by atoms with Gasteiger partial charge in [0.25, 0.3) is 0 Å². The van der Waals surface area contributed by atoms with Crippen LogP contribution >= 0.6 is 15.9 Å². The number of nitrogens with zero attached hydrogens (tertiary/aromatic N) is 1. The highest BCUT2D eigenvalue weighted by molar-refractivity contribution is 9.10. The third-order valence-corrected chi connectivity index (χ3v) is 4.08. The van der Waals surface area contributed by atoms with Gasteiger partial charge in [-0.2, -0.15) is 0 Å². The highest BCUT2D eigenvalue weighted by atomic mass is 79.9. The molecule has 0 saturated heterocycles. The van der Waals surface area contributed by atoms with Crippen LogP contribution in [0.5, 0.6) is 0 Å². The van der Waals surface area contributed by atoms with E-state index in [-0.39, 0.29) is 6.61 Å². The number of aliphatic hydroxyl groups excluding tert-OH is 1. The predicted octanol–water partition coefficient (Wildman–Crippen LogP) is 3.32. The number of aliphatic hydroxyl groups is 1. The van der Waals surface area contributed by atoms with Crippen LogP contribution in [0.2, 0.25) is 0 Å². The Morgan fingerprint density at radius 2 is 2.06 bits per heavy atom. The van der Waals surface area contributed by atoms with Crippen LogP contribution < -0.4 is 4.90 Å². The topological polar surface area (TPSA) is 23.5 Å². The maximum Gasteiger partial charge on any atom is 0.0682 e. The molecule has 1 N–H and O–H groups in total. The van der Waals surface area contributed by atoms with E-state index in [1.165, 1.54) is 31.4 Å². The van der Waals surface area contributed by atoms with Crippen molar-refractivity contribution >= 4 is 21.6 Å². The molecule has 88 valence electrons. The average molecular weight is 284 g/mol. The molecule has 1 aliphatic carbocycles. The fourth-order valence-electron chi connectivity index (χ4n) is 2.42. The Bertz CT molecular complexity index is 361. The van der Waals surface area contributed by atoms with Gasteiger partial charge in [0.1, 0.15) is 0 Å². The van der Waals surface area contributed by atoms with Gasteiger partial charge in [0.2, 0.25) is 0 Å². The molecular formula is C13H18BrNO. The summed E-state index contributed by atoms with van der Waals surface area (Å²) in [4.78, 5) is 2.36. The summed E-state index contributed by atoms with van der Waals surface area (Å²) in [5, 5.41) is 9.07. The van der Waals surface area contributed by atoms with Crippen LogP contribution in [-0.2, 0) is 6.61 Å². The second kappa shape index (κ2) is 5.19. The van der Waals surface area contributed by atoms with Crippen molar-refractivity contribution in [2.45, 2.75) is 38.3 Å². The van der Waals surface area contributed by atoms with E-state index in [9.17, 15) is 0 Å². The minimum absolute atomic E-state index is 0.103. The van der Waals surface area contributed by atoms with Gasteiger partial charge in [0.05, 0.1) is 12.3 Å². The molecule has 0 heterocycles. The molecule has 1 saturated carbocycles. The second-order valence-electron chi connectivity index (χ2n) is 4.49. The van der Waals surface area contributed by atoms with E-state index >= 15 is 0 Å². The van der Waals surface area contributed by atoms with Crippen molar-refractivity contribution in [2.24, 2.45) is 0 Å². The van der Waals surface area contributed by atoms with Crippen molar-refractivity contribution in [1.82, 2.24) is 0 Å². The molecule has 2 nitrogen and oxygen atoms in total. The molecule has 16 heavy (non-hydrogen) atoms. The monoisotopic (exact) mass is 283 g/mol. The first kappa shape index (κ1) is 11.9. The Hall–Kier alpha value is -0.540. The van der Waals surface area contributed by atoms with Gasteiger partial charge in [0.15, 0.2) is 0 Å². The Morgan fingerprint density at radius 3 is 2.62 bits per heavy atom. The normalized spacial score (nSPS) is 16.7. The number of rotatable bonds is 3. The second-order valence-corrected chi connectivity index (χ2v) is 5.35.